The van der Waals surface area contributed by atoms with Gasteiger partial charge >= 0.3 is 12.2 Å². The first-order valence-electron chi connectivity index (χ1n) is 13.2. The van der Waals surface area contributed by atoms with Gasteiger partial charge in [0.15, 0.2) is 0 Å². The molecule has 2 aliphatic heterocycles. The van der Waals surface area contributed by atoms with Crippen LogP contribution < -0.4 is 20.4 Å². The summed E-state index contributed by atoms with van der Waals surface area (Å²) in [6.07, 6.45) is -0.0359. The number of nitrogens with one attached hydrogen (secondary N) is 2. The van der Waals surface area contributed by atoms with Gasteiger partial charge in [0.1, 0.15) is 5.52 Å². The number of alkyl halides is 3. The lowest BCUT2D eigenvalue weighted by atomic mass is 10.0. The van der Waals surface area contributed by atoms with Crippen molar-refractivity contribution in [2.24, 2.45) is 0 Å². The Morgan fingerprint density at radius 2 is 1.76 bits per heavy atom. The third-order valence-corrected chi connectivity index (χ3v) is 7.15. The Balaban J connectivity index is 1.49. The van der Waals surface area contributed by atoms with E-state index in [0.717, 1.165) is 6.07 Å². The van der Waals surface area contributed by atoms with Gasteiger partial charge in [-0.25, -0.2) is 19.7 Å². The molecule has 2 N–H and O–H groups in total. The van der Waals surface area contributed by atoms with Gasteiger partial charge in [-0.2, -0.15) is 13.2 Å². The standard InChI is InChI=1S/C28H26F3N9O2/c1-16(41)36-26-34-12-17(13-35-26)21-4-5-22-24(37-21)25-18(14-33-22)15-38(2)27(42)40(25)19-3-6-23(20(11-19)28(29,30)31)39-9-7-32-8-10-39/h3-6,11-14,32H,7-10,15H2,1-2H3,(H,34,35,36,41). The van der Waals surface area contributed by atoms with Crippen molar-refractivity contribution < 1.29 is 22.8 Å². The molecule has 0 spiro atoms. The fourth-order valence-electron chi connectivity index (χ4n) is 5.20. The van der Waals surface area contributed by atoms with Crippen molar-refractivity contribution in [2.75, 3.05) is 48.3 Å². The summed E-state index contributed by atoms with van der Waals surface area (Å²) >= 11 is 0. The van der Waals surface area contributed by atoms with Crippen LogP contribution in [0.4, 0.5) is 41.0 Å². The average Bonchev–Trinajstić information content (AvgIpc) is 2.97. The predicted molar refractivity (Wildman–Crippen MR) is 150 cm³/mol. The zero-order chi connectivity index (χ0) is 29.6. The summed E-state index contributed by atoms with van der Waals surface area (Å²) in [6.45, 7) is 3.59. The van der Waals surface area contributed by atoms with E-state index in [1.165, 1.54) is 41.2 Å². The maximum atomic E-state index is 14.4. The number of carbonyl (C=O) groups is 2. The van der Waals surface area contributed by atoms with Crippen molar-refractivity contribution in [3.63, 3.8) is 0 Å². The molecule has 1 fully saturated rings. The molecule has 42 heavy (non-hydrogen) atoms. The SMILES string of the molecule is CC(=O)Nc1ncc(-c2ccc3ncc4c(c3n2)N(c2ccc(N3CCNCC3)c(C(F)(F)F)c2)C(=O)N(C)C4)cn1. The van der Waals surface area contributed by atoms with Crippen molar-refractivity contribution in [3.05, 3.63) is 60.0 Å². The lowest BCUT2D eigenvalue weighted by molar-refractivity contribution is -0.137. The summed E-state index contributed by atoms with van der Waals surface area (Å²) in [4.78, 5) is 46.9. The molecule has 2 aliphatic rings. The van der Waals surface area contributed by atoms with Gasteiger partial charge in [0.2, 0.25) is 11.9 Å². The number of rotatable bonds is 4. The van der Waals surface area contributed by atoms with Crippen LogP contribution in [0.2, 0.25) is 0 Å². The highest BCUT2D eigenvalue weighted by molar-refractivity contribution is 6.08. The molecule has 11 nitrogen and oxygen atoms in total. The lowest BCUT2D eigenvalue weighted by Gasteiger charge is -2.36. The number of piperazine rings is 1. The summed E-state index contributed by atoms with van der Waals surface area (Å²) < 4.78 is 43.2. The highest BCUT2D eigenvalue weighted by Crippen LogP contribution is 2.43. The number of hydrogen-bond donors (Lipinski definition) is 2. The zero-order valence-electron chi connectivity index (χ0n) is 22.7. The van der Waals surface area contributed by atoms with Crippen LogP contribution in [0.1, 0.15) is 18.1 Å². The van der Waals surface area contributed by atoms with Crippen LogP contribution in [-0.2, 0) is 17.5 Å². The summed E-state index contributed by atoms with van der Waals surface area (Å²) in [6, 6.07) is 6.94. The van der Waals surface area contributed by atoms with Gasteiger partial charge in [-0.1, -0.05) is 0 Å². The van der Waals surface area contributed by atoms with Gasteiger partial charge in [-0.15, -0.1) is 0 Å². The van der Waals surface area contributed by atoms with E-state index in [2.05, 4.69) is 25.6 Å². The molecule has 0 unspecified atom stereocenters. The molecule has 14 heteroatoms. The number of aromatic nitrogens is 4. The highest BCUT2D eigenvalue weighted by Gasteiger charge is 2.38. The van der Waals surface area contributed by atoms with E-state index in [1.807, 2.05) is 0 Å². The third-order valence-electron chi connectivity index (χ3n) is 7.15. The Morgan fingerprint density at radius 3 is 2.45 bits per heavy atom. The van der Waals surface area contributed by atoms with Crippen molar-refractivity contribution in [3.8, 4) is 11.3 Å². The molecule has 3 amide bonds. The first-order valence-corrected chi connectivity index (χ1v) is 13.2. The van der Waals surface area contributed by atoms with E-state index in [1.54, 1.807) is 30.3 Å². The van der Waals surface area contributed by atoms with Crippen molar-refractivity contribution in [1.82, 2.24) is 30.2 Å². The number of fused-ring (bicyclic) bond motifs is 3. The first-order chi connectivity index (χ1) is 20.1. The minimum absolute atomic E-state index is 0.0710. The first kappa shape index (κ1) is 27.3. The minimum atomic E-state index is -4.64. The molecular formula is C28H26F3N9O2. The summed E-state index contributed by atoms with van der Waals surface area (Å²) in [7, 11) is 1.58. The van der Waals surface area contributed by atoms with E-state index >= 15 is 0 Å². The predicted octanol–water partition coefficient (Wildman–Crippen LogP) is 4.18. The van der Waals surface area contributed by atoms with Crippen molar-refractivity contribution in [2.45, 2.75) is 19.6 Å². The molecule has 0 saturated carbocycles. The molecular weight excluding hydrogens is 551 g/mol. The Bertz CT molecular complexity index is 1690. The third kappa shape index (κ3) is 5.04. The topological polar surface area (TPSA) is 119 Å². The number of pyridine rings is 2. The van der Waals surface area contributed by atoms with Crippen LogP contribution in [0.5, 0.6) is 0 Å². The monoisotopic (exact) mass is 577 g/mol. The fourth-order valence-corrected chi connectivity index (χ4v) is 5.20. The van der Waals surface area contributed by atoms with E-state index in [9.17, 15) is 22.8 Å². The van der Waals surface area contributed by atoms with E-state index in [0.29, 0.717) is 59.7 Å². The number of amides is 3. The van der Waals surface area contributed by atoms with Crippen LogP contribution in [0, 0.1) is 0 Å². The number of anilines is 4. The van der Waals surface area contributed by atoms with Gasteiger partial charge in [-0.3, -0.25) is 20.0 Å². The molecule has 216 valence electrons. The van der Waals surface area contributed by atoms with Crippen LogP contribution in [0.15, 0.2) is 48.9 Å². The van der Waals surface area contributed by atoms with Crippen LogP contribution >= 0.6 is 0 Å². The van der Waals surface area contributed by atoms with E-state index in [-0.39, 0.29) is 29.8 Å². The summed E-state index contributed by atoms with van der Waals surface area (Å²) in [5, 5.41) is 5.65. The molecule has 1 aromatic carbocycles. The summed E-state index contributed by atoms with van der Waals surface area (Å²) in [5.41, 5.74) is 2.14. The maximum Gasteiger partial charge on any atom is 0.418 e. The molecule has 0 aliphatic carbocycles. The second kappa shape index (κ2) is 10.5. The van der Waals surface area contributed by atoms with Crippen LogP contribution in [0.25, 0.3) is 22.3 Å². The average molecular weight is 578 g/mol. The van der Waals surface area contributed by atoms with Gasteiger partial charge in [0.25, 0.3) is 0 Å². The molecule has 4 aromatic rings. The molecule has 0 radical (unpaired) electrons. The number of hydrogen-bond acceptors (Lipinski definition) is 8. The maximum absolute atomic E-state index is 14.4. The smallest absolute Gasteiger partial charge is 0.368 e. The number of urea groups is 1. The number of nitrogens with zero attached hydrogens (tertiary/aromatic N) is 7. The molecule has 5 heterocycles. The molecule has 6 rings (SSSR count). The Morgan fingerprint density at radius 1 is 1.02 bits per heavy atom. The van der Waals surface area contributed by atoms with Gasteiger partial charge in [0.05, 0.1) is 34.7 Å². The quantitative estimate of drug-likeness (QED) is 0.371. The fraction of sp³-hybridized carbons (Fsp3) is 0.286. The van der Waals surface area contributed by atoms with E-state index < -0.39 is 17.8 Å². The Labute approximate surface area is 238 Å². The van der Waals surface area contributed by atoms with Crippen molar-refractivity contribution >= 4 is 46.0 Å². The van der Waals surface area contributed by atoms with Crippen LogP contribution in [-0.4, -0.2) is 70.0 Å². The number of benzene rings is 1. The van der Waals surface area contributed by atoms with Gasteiger partial charge < -0.3 is 15.1 Å². The minimum Gasteiger partial charge on any atom is -0.368 e. The van der Waals surface area contributed by atoms with Crippen LogP contribution in [0.3, 0.4) is 0 Å². The van der Waals surface area contributed by atoms with E-state index in [4.69, 9.17) is 4.98 Å². The largest absolute Gasteiger partial charge is 0.418 e. The Kier molecular flexibility index (Phi) is 6.85. The molecule has 3 aromatic heterocycles. The molecule has 0 atom stereocenters. The number of halogens is 3. The van der Waals surface area contributed by atoms with Gasteiger partial charge in [-0.05, 0) is 30.3 Å². The highest BCUT2D eigenvalue weighted by atomic mass is 19.4. The second-order valence-electron chi connectivity index (χ2n) is 10.1. The number of carbonyl (C=O) groups excluding carboxylic acids is 2. The molecule has 0 bridgehead atoms. The van der Waals surface area contributed by atoms with Crippen molar-refractivity contribution in [1.29, 1.82) is 0 Å². The lowest BCUT2D eigenvalue weighted by Crippen LogP contribution is -2.44. The second-order valence-corrected chi connectivity index (χ2v) is 10.1. The normalized spacial score (nSPS) is 15.6. The summed E-state index contributed by atoms with van der Waals surface area (Å²) in [5.74, 6) is -0.177. The zero-order valence-corrected chi connectivity index (χ0v) is 22.7. The molecule has 1 saturated heterocycles. The Hall–Kier alpha value is -4.85. The van der Waals surface area contributed by atoms with Gasteiger partial charge in [0, 0.05) is 75.6 Å².